The van der Waals surface area contributed by atoms with Gasteiger partial charge in [-0.3, -0.25) is 28.1 Å². The van der Waals surface area contributed by atoms with Gasteiger partial charge in [0.1, 0.15) is 11.6 Å². The normalized spacial score (nSPS) is 10.6. The SMILES string of the molecule is COc1ccc(-c2cnc(Cc3ccccc3)n(C)c2=O)cc1F.COc1ccc(-c2cnc(SC)n(C)c2=O)cc1F.Cn1c(Cc2ccccc2)ncc(-c2ccc(O)c(F)c2)c1=O. The van der Waals surface area contributed by atoms with Crippen molar-refractivity contribution < 1.29 is 27.8 Å². The fourth-order valence-electron chi connectivity index (χ4n) is 6.70. The Kier molecular flexibility index (Phi) is 15.8. The van der Waals surface area contributed by atoms with Crippen molar-refractivity contribution in [2.24, 2.45) is 21.1 Å². The van der Waals surface area contributed by atoms with Crippen LogP contribution < -0.4 is 26.2 Å². The topological polar surface area (TPSA) is 143 Å². The largest absolute Gasteiger partial charge is 0.505 e. The predicted molar refractivity (Wildman–Crippen MR) is 250 cm³/mol. The van der Waals surface area contributed by atoms with Crippen molar-refractivity contribution in [2.75, 3.05) is 20.5 Å². The zero-order valence-electron chi connectivity index (χ0n) is 36.8. The average molecular weight is 915 g/mol. The number of methoxy groups -OCH3 is 2. The quantitative estimate of drug-likeness (QED) is 0.105. The Morgan fingerprint density at radius 1 is 0.530 bits per heavy atom. The number of aromatic nitrogens is 6. The van der Waals surface area contributed by atoms with E-state index in [9.17, 15) is 32.7 Å². The number of nitrogens with zero attached hydrogens (tertiary/aromatic N) is 6. The van der Waals surface area contributed by atoms with Gasteiger partial charge in [-0.2, -0.15) is 0 Å². The molecule has 0 spiro atoms. The summed E-state index contributed by atoms with van der Waals surface area (Å²) in [4.78, 5) is 50.2. The number of halogens is 3. The molecule has 0 fully saturated rings. The average Bonchev–Trinajstić information content (AvgIpc) is 3.32. The van der Waals surface area contributed by atoms with E-state index in [0.29, 0.717) is 63.0 Å². The van der Waals surface area contributed by atoms with Crippen LogP contribution in [0.3, 0.4) is 0 Å². The summed E-state index contributed by atoms with van der Waals surface area (Å²) >= 11 is 1.38. The molecule has 8 aromatic rings. The minimum absolute atomic E-state index is 0.143. The number of hydrogen-bond acceptors (Lipinski definition) is 10. The van der Waals surface area contributed by atoms with E-state index in [-0.39, 0.29) is 28.2 Å². The van der Waals surface area contributed by atoms with Gasteiger partial charge < -0.3 is 14.6 Å². The maximum Gasteiger partial charge on any atom is 0.261 e. The first-order valence-electron chi connectivity index (χ1n) is 20.2. The van der Waals surface area contributed by atoms with E-state index in [1.54, 1.807) is 33.3 Å². The Hall–Kier alpha value is -7.72. The summed E-state index contributed by atoms with van der Waals surface area (Å²) in [5.41, 5.74) is 3.83. The number of hydrogen-bond donors (Lipinski definition) is 1. The third-order valence-electron chi connectivity index (χ3n) is 10.4. The maximum atomic E-state index is 13.9. The van der Waals surface area contributed by atoms with Crippen molar-refractivity contribution >= 4 is 11.8 Å². The van der Waals surface area contributed by atoms with Crippen LogP contribution in [0.1, 0.15) is 22.8 Å². The molecule has 5 aromatic carbocycles. The van der Waals surface area contributed by atoms with E-state index < -0.39 is 23.2 Å². The lowest BCUT2D eigenvalue weighted by molar-refractivity contribution is 0.386. The van der Waals surface area contributed by atoms with Crippen molar-refractivity contribution in [1.82, 2.24) is 28.7 Å². The minimum atomic E-state index is -0.766. The van der Waals surface area contributed by atoms with Gasteiger partial charge in [-0.25, -0.2) is 28.1 Å². The number of phenolic OH excluding ortho intramolecular Hbond substituents is 1. The first-order valence-corrected chi connectivity index (χ1v) is 21.4. The van der Waals surface area contributed by atoms with Gasteiger partial charge in [-0.15, -0.1) is 0 Å². The number of thioether (sulfide) groups is 1. The minimum Gasteiger partial charge on any atom is -0.505 e. The summed E-state index contributed by atoms with van der Waals surface area (Å²) in [6.07, 6.45) is 7.36. The van der Waals surface area contributed by atoms with Crippen LogP contribution in [-0.2, 0) is 34.0 Å². The molecule has 0 unspecified atom stereocenters. The summed E-state index contributed by atoms with van der Waals surface area (Å²) in [5.74, 6) is -0.648. The molecular formula is C50H45F3N6O6S. The van der Waals surface area contributed by atoms with Crippen molar-refractivity contribution in [3.05, 3.63) is 205 Å². The second kappa shape index (κ2) is 21.8. The predicted octanol–water partition coefficient (Wildman–Crippen LogP) is 8.39. The molecule has 12 nitrogen and oxygen atoms in total. The molecule has 3 aromatic heterocycles. The molecule has 0 radical (unpaired) electrons. The highest BCUT2D eigenvalue weighted by Gasteiger charge is 2.15. The lowest BCUT2D eigenvalue weighted by atomic mass is 10.1. The summed E-state index contributed by atoms with van der Waals surface area (Å²) in [5, 5.41) is 9.86. The lowest BCUT2D eigenvalue weighted by Crippen LogP contribution is -2.23. The number of benzene rings is 5. The van der Waals surface area contributed by atoms with Crippen molar-refractivity contribution in [3.8, 4) is 50.6 Å². The highest BCUT2D eigenvalue weighted by Crippen LogP contribution is 2.26. The van der Waals surface area contributed by atoms with Gasteiger partial charge in [0.2, 0.25) is 0 Å². The highest BCUT2D eigenvalue weighted by molar-refractivity contribution is 7.98. The summed E-state index contributed by atoms with van der Waals surface area (Å²) in [7, 11) is 7.76. The second-order valence-electron chi connectivity index (χ2n) is 14.6. The lowest BCUT2D eigenvalue weighted by Gasteiger charge is -2.10. The van der Waals surface area contributed by atoms with Gasteiger partial charge in [0.15, 0.2) is 39.9 Å². The van der Waals surface area contributed by atoms with Crippen LogP contribution in [-0.4, -0.2) is 54.2 Å². The second-order valence-corrected chi connectivity index (χ2v) is 15.4. The van der Waals surface area contributed by atoms with Crippen LogP contribution >= 0.6 is 11.8 Å². The Balaban J connectivity index is 0.000000165. The van der Waals surface area contributed by atoms with Gasteiger partial charge in [-0.05, 0) is 70.5 Å². The van der Waals surface area contributed by atoms with Crippen LogP contribution in [0.2, 0.25) is 0 Å². The van der Waals surface area contributed by atoms with Crippen LogP contribution in [0, 0.1) is 17.5 Å². The molecule has 338 valence electrons. The molecule has 3 heterocycles. The van der Waals surface area contributed by atoms with Crippen molar-refractivity contribution in [1.29, 1.82) is 0 Å². The van der Waals surface area contributed by atoms with Crippen LogP contribution in [0.15, 0.2) is 153 Å². The molecule has 0 amide bonds. The van der Waals surface area contributed by atoms with E-state index >= 15 is 0 Å². The standard InChI is InChI=1S/C19H17FN2O2.C18H15FN2O2.C13H13FN2O2S/c1-22-18(10-13-6-4-3-5-7-13)21-12-15(19(22)23)14-8-9-17(24-2)16(20)11-14;1-21-17(9-12-5-3-2-4-6-12)20-11-14(18(21)23)13-7-8-16(22)15(19)10-13;1-16-12(17)9(7-15-13(16)19-3)8-4-5-11(18-2)10(14)6-8/h3-9,11-12H,10H2,1-2H3;2-8,10-11,22H,9H2,1H3;4-7H,1-3H3. The zero-order chi connectivity index (χ0) is 47.5. The molecule has 0 bridgehead atoms. The van der Waals surface area contributed by atoms with Gasteiger partial charge in [0.25, 0.3) is 16.7 Å². The number of rotatable bonds is 10. The molecule has 1 N–H and O–H groups in total. The van der Waals surface area contributed by atoms with E-state index in [1.807, 2.05) is 66.9 Å². The molecule has 0 aliphatic heterocycles. The molecule has 0 atom stereocenters. The molecule has 0 aliphatic rings. The monoisotopic (exact) mass is 914 g/mol. The van der Waals surface area contributed by atoms with Crippen molar-refractivity contribution in [2.45, 2.75) is 18.0 Å². The van der Waals surface area contributed by atoms with Crippen LogP contribution in [0.25, 0.3) is 33.4 Å². The van der Waals surface area contributed by atoms with E-state index in [4.69, 9.17) is 9.47 Å². The van der Waals surface area contributed by atoms with Gasteiger partial charge in [-0.1, -0.05) is 90.6 Å². The van der Waals surface area contributed by atoms with Gasteiger partial charge in [0.05, 0.1) is 30.9 Å². The van der Waals surface area contributed by atoms with E-state index in [0.717, 1.165) is 17.2 Å². The fourth-order valence-corrected chi connectivity index (χ4v) is 7.21. The summed E-state index contributed by atoms with van der Waals surface area (Å²) in [6.45, 7) is 0. The summed E-state index contributed by atoms with van der Waals surface area (Å²) in [6, 6.07) is 32.2. The molecule has 16 heteroatoms. The maximum absolute atomic E-state index is 13.9. The Morgan fingerprint density at radius 3 is 1.29 bits per heavy atom. The third-order valence-corrected chi connectivity index (χ3v) is 11.2. The Bertz CT molecular complexity index is 3160. The first kappa shape index (κ1) is 47.8. The van der Waals surface area contributed by atoms with Crippen LogP contribution in [0.4, 0.5) is 13.2 Å². The zero-order valence-corrected chi connectivity index (χ0v) is 37.6. The molecule has 0 aliphatic carbocycles. The molecule has 0 saturated carbocycles. The van der Waals surface area contributed by atoms with E-state index in [2.05, 4.69) is 15.0 Å². The van der Waals surface area contributed by atoms with Gasteiger partial charge in [0, 0.05) is 52.6 Å². The van der Waals surface area contributed by atoms with Gasteiger partial charge >= 0.3 is 0 Å². The number of ether oxygens (including phenoxy) is 2. The molecule has 66 heavy (non-hydrogen) atoms. The fraction of sp³-hybridized carbons (Fsp3) is 0.160. The number of phenols is 1. The van der Waals surface area contributed by atoms with Crippen molar-refractivity contribution in [3.63, 3.8) is 0 Å². The summed E-state index contributed by atoms with van der Waals surface area (Å²) < 4.78 is 55.2. The third kappa shape index (κ3) is 11.1. The number of aromatic hydroxyl groups is 1. The van der Waals surface area contributed by atoms with E-state index in [1.165, 1.54) is 94.7 Å². The van der Waals surface area contributed by atoms with Crippen LogP contribution in [0.5, 0.6) is 17.2 Å². The first-order chi connectivity index (χ1) is 31.7. The smallest absolute Gasteiger partial charge is 0.261 e. The molecule has 8 rings (SSSR count). The highest BCUT2D eigenvalue weighted by atomic mass is 32.2. The Morgan fingerprint density at radius 2 is 0.909 bits per heavy atom. The molecule has 0 saturated heterocycles. The molecular weight excluding hydrogens is 870 g/mol. The Labute approximate surface area is 382 Å².